The van der Waals surface area contributed by atoms with Crippen LogP contribution >= 0.6 is 15.9 Å². The van der Waals surface area contributed by atoms with Crippen LogP contribution in [0.1, 0.15) is 26.7 Å². The van der Waals surface area contributed by atoms with Gasteiger partial charge >= 0.3 is 11.9 Å². The minimum absolute atomic E-state index is 0.208. The summed E-state index contributed by atoms with van der Waals surface area (Å²) in [5, 5.41) is 8.57. The van der Waals surface area contributed by atoms with Gasteiger partial charge in [0.1, 0.15) is 6.61 Å². The van der Waals surface area contributed by atoms with Gasteiger partial charge in [0.15, 0.2) is 12.2 Å². The van der Waals surface area contributed by atoms with Crippen molar-refractivity contribution in [3.8, 4) is 6.07 Å². The van der Waals surface area contributed by atoms with Crippen molar-refractivity contribution in [1.82, 2.24) is 0 Å². The van der Waals surface area contributed by atoms with E-state index in [1.54, 1.807) is 0 Å². The van der Waals surface area contributed by atoms with Gasteiger partial charge < -0.3 is 14.2 Å². The van der Waals surface area contributed by atoms with Crippen LogP contribution in [0.4, 0.5) is 0 Å². The molecule has 8 heteroatoms. The third-order valence-electron chi connectivity index (χ3n) is 2.20. The number of carbonyl (C=O) groups is 3. The van der Waals surface area contributed by atoms with Crippen molar-refractivity contribution in [2.75, 3.05) is 6.61 Å². The molecule has 0 aromatic carbocycles. The van der Waals surface area contributed by atoms with Crippen molar-refractivity contribution in [3.63, 3.8) is 0 Å². The molecule has 0 N–H and O–H groups in total. The lowest BCUT2D eigenvalue weighted by Gasteiger charge is -2.28. The molecule has 0 aliphatic carbocycles. The number of hydrogen-bond acceptors (Lipinski definition) is 7. The number of ether oxygens (including phenoxy) is 3. The topological polar surface area (TPSA) is 103 Å². The van der Waals surface area contributed by atoms with Gasteiger partial charge in [0.25, 0.3) is 6.47 Å². The predicted octanol–water partition coefficient (Wildman–Crippen LogP) is 1.09. The summed E-state index contributed by atoms with van der Waals surface area (Å²) in [6, 6.07) is 1.96. The summed E-state index contributed by atoms with van der Waals surface area (Å²) < 4.78 is 14.7. The Morgan fingerprint density at radius 3 is 2.35 bits per heavy atom. The van der Waals surface area contributed by atoms with E-state index in [-0.39, 0.29) is 19.5 Å². The number of carbonyl (C=O) groups excluding carboxylic acids is 3. The standard InChI is InChI=1S/C12H16BrNO6/c1-8(16)19-11(6-18-7-15)12(20-9(2)17)10(13)4-3-5-14/h7,10-12H,3-4,6H2,1-2H3/t10-,11-,12+/m0/s1. The fraction of sp³-hybridized carbons (Fsp3) is 0.667. The molecule has 0 aromatic heterocycles. The largest absolute Gasteiger partial charge is 0.464 e. The van der Waals surface area contributed by atoms with E-state index in [4.69, 9.17) is 14.7 Å². The van der Waals surface area contributed by atoms with E-state index in [0.29, 0.717) is 6.42 Å². The quantitative estimate of drug-likeness (QED) is 0.265. The lowest BCUT2D eigenvalue weighted by atomic mass is 10.1. The molecule has 0 saturated carbocycles. The Balaban J connectivity index is 4.96. The summed E-state index contributed by atoms with van der Waals surface area (Å²) in [5.41, 5.74) is 0. The van der Waals surface area contributed by atoms with Crippen molar-refractivity contribution in [1.29, 1.82) is 5.26 Å². The lowest BCUT2D eigenvalue weighted by Crippen LogP contribution is -2.43. The third kappa shape index (κ3) is 7.74. The van der Waals surface area contributed by atoms with E-state index in [9.17, 15) is 14.4 Å². The molecular formula is C12H16BrNO6. The Hall–Kier alpha value is -1.62. The first-order chi connectivity index (χ1) is 9.42. The molecule has 0 amide bonds. The molecule has 20 heavy (non-hydrogen) atoms. The van der Waals surface area contributed by atoms with E-state index in [1.807, 2.05) is 6.07 Å². The molecule has 0 bridgehead atoms. The zero-order valence-electron chi connectivity index (χ0n) is 11.2. The fourth-order valence-electron chi connectivity index (χ4n) is 1.48. The first-order valence-electron chi connectivity index (χ1n) is 5.83. The van der Waals surface area contributed by atoms with E-state index in [1.165, 1.54) is 13.8 Å². The summed E-state index contributed by atoms with van der Waals surface area (Å²) in [6.45, 7) is 2.37. The highest BCUT2D eigenvalue weighted by Crippen LogP contribution is 2.21. The highest BCUT2D eigenvalue weighted by atomic mass is 79.9. The van der Waals surface area contributed by atoms with Gasteiger partial charge in [0, 0.05) is 20.3 Å². The Morgan fingerprint density at radius 1 is 1.30 bits per heavy atom. The predicted molar refractivity (Wildman–Crippen MR) is 70.7 cm³/mol. The number of esters is 2. The van der Waals surface area contributed by atoms with Crippen LogP contribution in [0.15, 0.2) is 0 Å². The number of halogens is 1. The van der Waals surface area contributed by atoms with E-state index in [0.717, 1.165) is 0 Å². The van der Waals surface area contributed by atoms with Crippen LogP contribution in [0.2, 0.25) is 0 Å². The Kier molecular flexibility index (Phi) is 9.38. The highest BCUT2D eigenvalue weighted by Gasteiger charge is 2.33. The first kappa shape index (κ1) is 18.4. The second kappa shape index (κ2) is 10.2. The second-order valence-electron chi connectivity index (χ2n) is 3.86. The normalized spacial score (nSPS) is 14.3. The minimum Gasteiger partial charge on any atom is -0.464 e. The van der Waals surface area contributed by atoms with Crippen LogP contribution in [-0.2, 0) is 28.6 Å². The number of alkyl halides is 1. The van der Waals surface area contributed by atoms with Crippen LogP contribution < -0.4 is 0 Å². The molecule has 0 aliphatic rings. The average Bonchev–Trinajstić information content (AvgIpc) is 2.37. The lowest BCUT2D eigenvalue weighted by molar-refractivity contribution is -0.170. The molecule has 0 rings (SSSR count). The number of nitriles is 1. The van der Waals surface area contributed by atoms with Crippen molar-refractivity contribution in [2.24, 2.45) is 0 Å². The van der Waals surface area contributed by atoms with Crippen LogP contribution in [0.3, 0.4) is 0 Å². The monoisotopic (exact) mass is 349 g/mol. The maximum Gasteiger partial charge on any atom is 0.303 e. The Labute approximate surface area is 125 Å². The van der Waals surface area contributed by atoms with Crippen molar-refractivity contribution < 1.29 is 28.6 Å². The third-order valence-corrected chi connectivity index (χ3v) is 3.18. The van der Waals surface area contributed by atoms with Gasteiger partial charge in [-0.2, -0.15) is 5.26 Å². The molecule has 7 nitrogen and oxygen atoms in total. The first-order valence-corrected chi connectivity index (χ1v) is 6.74. The fourth-order valence-corrected chi connectivity index (χ4v) is 2.16. The number of rotatable bonds is 9. The average molecular weight is 350 g/mol. The zero-order valence-corrected chi connectivity index (χ0v) is 12.8. The molecule has 0 fully saturated rings. The van der Waals surface area contributed by atoms with Crippen molar-refractivity contribution in [2.45, 2.75) is 43.7 Å². The molecular weight excluding hydrogens is 334 g/mol. The summed E-state index contributed by atoms with van der Waals surface area (Å²) in [7, 11) is 0. The molecule has 0 aromatic rings. The van der Waals surface area contributed by atoms with E-state index in [2.05, 4.69) is 20.7 Å². The molecule has 0 heterocycles. The van der Waals surface area contributed by atoms with Gasteiger partial charge in [0.05, 0.1) is 10.9 Å². The zero-order chi connectivity index (χ0) is 15.5. The molecule has 0 unspecified atom stereocenters. The maximum absolute atomic E-state index is 11.1. The Morgan fingerprint density at radius 2 is 1.90 bits per heavy atom. The highest BCUT2D eigenvalue weighted by molar-refractivity contribution is 9.09. The molecule has 0 radical (unpaired) electrons. The summed E-state index contributed by atoms with van der Waals surface area (Å²) in [5.74, 6) is -1.17. The van der Waals surface area contributed by atoms with Gasteiger partial charge in [0.2, 0.25) is 0 Å². The molecule has 0 aliphatic heterocycles. The summed E-state index contributed by atoms with van der Waals surface area (Å²) >= 11 is 3.29. The minimum atomic E-state index is -0.940. The second-order valence-corrected chi connectivity index (χ2v) is 5.04. The van der Waals surface area contributed by atoms with Crippen LogP contribution in [0.5, 0.6) is 0 Å². The maximum atomic E-state index is 11.1. The smallest absolute Gasteiger partial charge is 0.303 e. The number of hydrogen-bond donors (Lipinski definition) is 0. The van der Waals surface area contributed by atoms with Gasteiger partial charge in [-0.25, -0.2) is 0 Å². The summed E-state index contributed by atoms with van der Waals surface area (Å²) in [4.78, 5) is 32.1. The molecule has 0 spiro atoms. The molecule has 112 valence electrons. The Bertz CT molecular complexity index is 381. The van der Waals surface area contributed by atoms with Crippen LogP contribution in [0, 0.1) is 11.3 Å². The molecule has 0 saturated heterocycles. The SMILES string of the molecule is CC(=O)O[C@@H]([C@H](COC=O)OC(C)=O)[C@@H](Br)CCC#N. The van der Waals surface area contributed by atoms with Crippen molar-refractivity contribution >= 4 is 34.3 Å². The summed E-state index contributed by atoms with van der Waals surface area (Å²) in [6.07, 6.45) is -1.18. The molecule has 3 atom stereocenters. The van der Waals surface area contributed by atoms with Crippen LogP contribution in [0.25, 0.3) is 0 Å². The van der Waals surface area contributed by atoms with Gasteiger partial charge in [-0.1, -0.05) is 15.9 Å². The van der Waals surface area contributed by atoms with Gasteiger partial charge in [-0.05, 0) is 6.42 Å². The van der Waals surface area contributed by atoms with Gasteiger partial charge in [-0.15, -0.1) is 0 Å². The number of nitrogens with zero attached hydrogens (tertiary/aromatic N) is 1. The van der Waals surface area contributed by atoms with E-state index < -0.39 is 29.0 Å². The van der Waals surface area contributed by atoms with Crippen molar-refractivity contribution in [3.05, 3.63) is 0 Å². The van der Waals surface area contributed by atoms with E-state index >= 15 is 0 Å². The van der Waals surface area contributed by atoms with Gasteiger partial charge in [-0.3, -0.25) is 14.4 Å². The van der Waals surface area contributed by atoms with Crippen LogP contribution in [-0.4, -0.2) is 42.1 Å².